The minimum absolute atomic E-state index is 0.00388. The summed E-state index contributed by atoms with van der Waals surface area (Å²) in [6.45, 7) is 0.0919. The van der Waals surface area contributed by atoms with E-state index in [2.05, 4.69) is 0 Å². The molecule has 74 valence electrons. The Kier molecular flexibility index (Phi) is 8.45. The summed E-state index contributed by atoms with van der Waals surface area (Å²) in [5.41, 5.74) is 0. The third-order valence-electron chi connectivity index (χ3n) is 1.81. The molecule has 0 bridgehead atoms. The second-order valence-corrected chi connectivity index (χ2v) is 3.84. The molecule has 2 nitrogen and oxygen atoms in total. The maximum Gasteiger partial charge on any atom is 0.0481 e. The summed E-state index contributed by atoms with van der Waals surface area (Å²) in [6, 6.07) is 0. The van der Waals surface area contributed by atoms with Gasteiger partial charge in [-0.25, -0.2) is 0 Å². The summed E-state index contributed by atoms with van der Waals surface area (Å²) in [5.74, 6) is 0.467. The van der Waals surface area contributed by atoms with Gasteiger partial charge >= 0.3 is 0 Å². The lowest BCUT2D eigenvalue weighted by atomic mass is 10.0. The van der Waals surface area contributed by atoms with Crippen molar-refractivity contribution in [2.75, 3.05) is 19.1 Å². The van der Waals surface area contributed by atoms with Crippen molar-refractivity contribution < 1.29 is 10.2 Å². The lowest BCUT2D eigenvalue weighted by molar-refractivity contribution is 0.142. The van der Waals surface area contributed by atoms with Crippen molar-refractivity contribution in [3.63, 3.8) is 0 Å². The molecule has 0 aromatic rings. The highest BCUT2D eigenvalue weighted by Gasteiger charge is 2.07. The van der Waals surface area contributed by atoms with E-state index in [1.165, 1.54) is 0 Å². The smallest absolute Gasteiger partial charge is 0.0481 e. The second kappa shape index (κ2) is 8.11. The van der Waals surface area contributed by atoms with Crippen molar-refractivity contribution in [3.05, 3.63) is 0 Å². The Labute approximate surface area is 83.5 Å². The summed E-state index contributed by atoms with van der Waals surface area (Å²) in [6.07, 6.45) is 2.57. The highest BCUT2D eigenvalue weighted by molar-refractivity contribution is 6.28. The predicted molar refractivity (Wildman–Crippen MR) is 51.9 cm³/mol. The van der Waals surface area contributed by atoms with Gasteiger partial charge < -0.3 is 10.2 Å². The molecule has 12 heavy (non-hydrogen) atoms. The maximum absolute atomic E-state index is 8.73. The molecule has 0 aliphatic heterocycles. The maximum atomic E-state index is 8.73. The molecule has 0 aliphatic carbocycles. The number of halogens is 2. The Morgan fingerprint density at radius 1 is 1.08 bits per heavy atom. The van der Waals surface area contributed by atoms with Gasteiger partial charge in [-0.05, 0) is 12.8 Å². The van der Waals surface area contributed by atoms with Crippen LogP contribution in [-0.2, 0) is 0 Å². The lowest BCUT2D eigenvalue weighted by Crippen LogP contribution is -2.11. The van der Waals surface area contributed by atoms with Gasteiger partial charge in [0, 0.05) is 30.4 Å². The summed E-state index contributed by atoms with van der Waals surface area (Å²) < 4.78 is 0. The van der Waals surface area contributed by atoms with Gasteiger partial charge in [0.15, 0.2) is 0 Å². The van der Waals surface area contributed by atoms with Gasteiger partial charge in [0.05, 0.1) is 0 Å². The molecule has 0 saturated carbocycles. The molecule has 0 aliphatic rings. The van der Waals surface area contributed by atoms with E-state index < -0.39 is 0 Å². The molecular formula is C8H16Cl2O2. The van der Waals surface area contributed by atoms with E-state index >= 15 is 0 Å². The van der Waals surface area contributed by atoms with Crippen LogP contribution >= 0.6 is 23.2 Å². The first kappa shape index (κ1) is 12.5. The van der Waals surface area contributed by atoms with Gasteiger partial charge in [-0.1, -0.05) is 6.42 Å². The van der Waals surface area contributed by atoms with E-state index in [0.29, 0.717) is 5.88 Å². The van der Waals surface area contributed by atoms with Crippen LogP contribution in [-0.4, -0.2) is 34.7 Å². The van der Waals surface area contributed by atoms with Crippen LogP contribution in [0.3, 0.4) is 0 Å². The fourth-order valence-electron chi connectivity index (χ4n) is 0.945. The Hall–Kier alpha value is 0.500. The average molecular weight is 215 g/mol. The van der Waals surface area contributed by atoms with E-state index in [1.807, 2.05) is 0 Å². The van der Waals surface area contributed by atoms with Crippen LogP contribution in [0.1, 0.15) is 19.3 Å². The molecule has 0 aromatic heterocycles. The fourth-order valence-corrected chi connectivity index (χ4v) is 1.25. The number of hydrogen-bond donors (Lipinski definition) is 2. The zero-order chi connectivity index (χ0) is 9.40. The van der Waals surface area contributed by atoms with E-state index in [0.717, 1.165) is 19.3 Å². The first-order valence-corrected chi connectivity index (χ1v) is 5.13. The van der Waals surface area contributed by atoms with Crippen molar-refractivity contribution in [1.82, 2.24) is 0 Å². The van der Waals surface area contributed by atoms with Crippen LogP contribution in [0.4, 0.5) is 0 Å². The van der Waals surface area contributed by atoms with Crippen molar-refractivity contribution in [3.8, 4) is 0 Å². The van der Waals surface area contributed by atoms with Crippen LogP contribution in [0.25, 0.3) is 0 Å². The predicted octanol–water partition coefficient (Wildman–Crippen LogP) is 1.60. The van der Waals surface area contributed by atoms with Crippen LogP contribution in [0.15, 0.2) is 0 Å². The summed E-state index contributed by atoms with van der Waals surface area (Å²) in [5, 5.41) is 17.5. The van der Waals surface area contributed by atoms with Gasteiger partial charge in [0.2, 0.25) is 0 Å². The van der Waals surface area contributed by atoms with E-state index in [-0.39, 0.29) is 24.5 Å². The first-order chi connectivity index (χ1) is 5.74. The molecule has 0 spiro atoms. The highest BCUT2D eigenvalue weighted by Crippen LogP contribution is 2.13. The number of alkyl halides is 2. The normalized spacial score (nSPS) is 13.8. The van der Waals surface area contributed by atoms with Crippen molar-refractivity contribution >= 4 is 23.2 Å². The summed E-state index contributed by atoms with van der Waals surface area (Å²) >= 11 is 11.3. The molecule has 0 heterocycles. The van der Waals surface area contributed by atoms with Gasteiger partial charge in [0.25, 0.3) is 0 Å². The van der Waals surface area contributed by atoms with E-state index in [9.17, 15) is 0 Å². The van der Waals surface area contributed by atoms with Gasteiger partial charge in [-0.15, -0.1) is 23.2 Å². The Morgan fingerprint density at radius 2 is 1.67 bits per heavy atom. The topological polar surface area (TPSA) is 40.5 Å². The third kappa shape index (κ3) is 6.06. The van der Waals surface area contributed by atoms with Crippen molar-refractivity contribution in [1.29, 1.82) is 0 Å². The third-order valence-corrected chi connectivity index (χ3v) is 2.72. The first-order valence-electron chi connectivity index (χ1n) is 4.16. The Balaban J connectivity index is 3.28. The quantitative estimate of drug-likeness (QED) is 0.633. The van der Waals surface area contributed by atoms with Crippen LogP contribution in [0.2, 0.25) is 0 Å². The standard InChI is InChI=1S/C8H16Cl2O2/c9-4-8(10)3-1-2-7(5-11)6-12/h7-8,11-12H,1-6H2. The molecule has 1 unspecified atom stereocenters. The SMILES string of the molecule is OCC(CO)CCCC(Cl)CCl. The van der Waals surface area contributed by atoms with Gasteiger partial charge in [-0.3, -0.25) is 0 Å². The molecule has 0 aromatic carbocycles. The molecule has 4 heteroatoms. The summed E-state index contributed by atoms with van der Waals surface area (Å²) in [7, 11) is 0. The zero-order valence-corrected chi connectivity index (χ0v) is 8.56. The average Bonchev–Trinajstić information content (AvgIpc) is 2.12. The molecule has 0 fully saturated rings. The van der Waals surface area contributed by atoms with Crippen molar-refractivity contribution in [2.24, 2.45) is 5.92 Å². The Bertz CT molecular complexity index is 97.1. The minimum atomic E-state index is 0.00388. The minimum Gasteiger partial charge on any atom is -0.396 e. The lowest BCUT2D eigenvalue weighted by Gasteiger charge is -2.11. The fraction of sp³-hybridized carbons (Fsp3) is 1.00. The number of hydrogen-bond acceptors (Lipinski definition) is 2. The molecule has 0 radical (unpaired) electrons. The monoisotopic (exact) mass is 214 g/mol. The van der Waals surface area contributed by atoms with Crippen LogP contribution in [0.5, 0.6) is 0 Å². The molecular weight excluding hydrogens is 199 g/mol. The van der Waals surface area contributed by atoms with Crippen LogP contribution < -0.4 is 0 Å². The van der Waals surface area contributed by atoms with Gasteiger partial charge in [0.1, 0.15) is 0 Å². The molecule has 1 atom stereocenters. The largest absolute Gasteiger partial charge is 0.396 e. The Morgan fingerprint density at radius 3 is 2.08 bits per heavy atom. The molecule has 0 saturated heterocycles. The number of rotatable bonds is 7. The highest BCUT2D eigenvalue weighted by atomic mass is 35.5. The zero-order valence-electron chi connectivity index (χ0n) is 7.05. The van der Waals surface area contributed by atoms with Gasteiger partial charge in [-0.2, -0.15) is 0 Å². The molecule has 2 N–H and O–H groups in total. The number of aliphatic hydroxyl groups excluding tert-OH is 2. The van der Waals surface area contributed by atoms with Crippen molar-refractivity contribution in [2.45, 2.75) is 24.6 Å². The molecule has 0 amide bonds. The number of aliphatic hydroxyl groups is 2. The van der Waals surface area contributed by atoms with E-state index in [4.69, 9.17) is 33.4 Å². The van der Waals surface area contributed by atoms with E-state index in [1.54, 1.807) is 0 Å². The summed E-state index contributed by atoms with van der Waals surface area (Å²) in [4.78, 5) is 0. The second-order valence-electron chi connectivity index (χ2n) is 2.91. The van der Waals surface area contributed by atoms with Crippen LogP contribution in [0, 0.1) is 5.92 Å². The molecule has 0 rings (SSSR count).